The molecular weight excluding hydrogens is 226 g/mol. The van der Waals surface area contributed by atoms with Crippen molar-refractivity contribution in [2.75, 3.05) is 0 Å². The van der Waals surface area contributed by atoms with Crippen molar-refractivity contribution in [1.82, 2.24) is 0 Å². The summed E-state index contributed by atoms with van der Waals surface area (Å²) in [6.07, 6.45) is 0. The molecule has 1 rings (SSSR count). The molecule has 12 heavy (non-hydrogen) atoms. The Bertz CT molecular complexity index is 314. The van der Waals surface area contributed by atoms with Crippen LogP contribution in [-0.2, 0) is 6.54 Å². The van der Waals surface area contributed by atoms with Crippen molar-refractivity contribution in [3.63, 3.8) is 0 Å². The molecule has 0 aromatic heterocycles. The minimum absolute atomic E-state index is 0.0853. The van der Waals surface area contributed by atoms with Gasteiger partial charge in [-0.05, 0) is 34.1 Å². The van der Waals surface area contributed by atoms with E-state index in [1.165, 1.54) is 18.2 Å². The Balaban J connectivity index is 2.89. The summed E-state index contributed by atoms with van der Waals surface area (Å²) in [5, 5.41) is 19.2. The average Bonchev–Trinajstić information content (AvgIpc) is 1.96. The van der Waals surface area contributed by atoms with Crippen molar-refractivity contribution < 1.29 is 10.0 Å². The predicted molar refractivity (Wildman–Crippen MR) is 46.5 cm³/mol. The van der Waals surface area contributed by atoms with Crippen LogP contribution in [0.25, 0.3) is 0 Å². The monoisotopic (exact) mass is 231 g/mol. The molecule has 1 aromatic rings. The van der Waals surface area contributed by atoms with Crippen LogP contribution >= 0.6 is 15.9 Å². The highest BCUT2D eigenvalue weighted by molar-refractivity contribution is 9.10. The van der Waals surface area contributed by atoms with Gasteiger partial charge in [0.2, 0.25) is 6.54 Å². The summed E-state index contributed by atoms with van der Waals surface area (Å²) in [6, 6.07) is 4.46. The minimum Gasteiger partial charge on any atom is -0.507 e. The van der Waals surface area contributed by atoms with Gasteiger partial charge < -0.3 is 5.11 Å². The number of aromatic hydroxyl groups is 1. The van der Waals surface area contributed by atoms with E-state index in [9.17, 15) is 10.1 Å². The van der Waals surface area contributed by atoms with Gasteiger partial charge in [0.25, 0.3) is 0 Å². The van der Waals surface area contributed by atoms with Crippen molar-refractivity contribution in [3.8, 4) is 5.75 Å². The van der Waals surface area contributed by atoms with Crippen molar-refractivity contribution >= 4 is 15.9 Å². The lowest BCUT2D eigenvalue weighted by molar-refractivity contribution is -0.496. The third kappa shape index (κ3) is 2.20. The second-order valence-corrected chi connectivity index (χ2v) is 3.13. The molecule has 5 heteroatoms. The fourth-order valence-electron chi connectivity index (χ4n) is 0.798. The van der Waals surface area contributed by atoms with Gasteiger partial charge in [-0.1, -0.05) is 0 Å². The normalized spacial score (nSPS) is 9.75. The summed E-state index contributed by atoms with van der Waals surface area (Å²) in [4.78, 5) is 9.67. The maximum Gasteiger partial charge on any atom is 0.228 e. The van der Waals surface area contributed by atoms with Crippen LogP contribution in [0, 0.1) is 10.1 Å². The van der Waals surface area contributed by atoms with Gasteiger partial charge in [-0.15, -0.1) is 0 Å². The highest BCUT2D eigenvalue weighted by Gasteiger charge is 2.03. The number of phenols is 1. The van der Waals surface area contributed by atoms with Crippen LogP contribution in [0.4, 0.5) is 0 Å². The molecular formula is C7H6BrNO3. The molecule has 0 bridgehead atoms. The maximum atomic E-state index is 10.1. The van der Waals surface area contributed by atoms with Gasteiger partial charge >= 0.3 is 0 Å². The standard InChI is InChI=1S/C7H6BrNO3/c8-6-3-5(4-9(11)12)1-2-7(6)10/h1-3,10H,4H2. The first-order valence-electron chi connectivity index (χ1n) is 3.19. The summed E-state index contributed by atoms with van der Waals surface area (Å²) in [5.74, 6) is 0.0853. The van der Waals surface area contributed by atoms with E-state index in [4.69, 9.17) is 5.11 Å². The first kappa shape index (κ1) is 8.99. The first-order chi connectivity index (χ1) is 5.59. The molecule has 0 aliphatic heterocycles. The molecule has 1 aromatic carbocycles. The van der Waals surface area contributed by atoms with E-state index in [0.29, 0.717) is 10.0 Å². The minimum atomic E-state index is -0.418. The number of phenolic OH excluding ortho intramolecular Hbond substituents is 1. The summed E-state index contributed by atoms with van der Waals surface area (Å²) in [6.45, 7) is -0.223. The molecule has 4 nitrogen and oxygen atoms in total. The molecule has 1 N–H and O–H groups in total. The smallest absolute Gasteiger partial charge is 0.228 e. The van der Waals surface area contributed by atoms with Crippen LogP contribution in [0.3, 0.4) is 0 Å². The first-order valence-corrected chi connectivity index (χ1v) is 3.98. The molecule has 0 atom stereocenters. The Hall–Kier alpha value is -1.10. The second kappa shape index (κ2) is 3.53. The van der Waals surface area contributed by atoms with Gasteiger partial charge in [0, 0.05) is 10.5 Å². The van der Waals surface area contributed by atoms with E-state index in [-0.39, 0.29) is 12.3 Å². The predicted octanol–water partition coefficient (Wildman–Crippen LogP) is 1.93. The highest BCUT2D eigenvalue weighted by atomic mass is 79.9. The van der Waals surface area contributed by atoms with E-state index < -0.39 is 4.92 Å². The molecule has 0 amide bonds. The van der Waals surface area contributed by atoms with Gasteiger partial charge in [-0.2, -0.15) is 0 Å². The maximum absolute atomic E-state index is 10.1. The number of halogens is 1. The van der Waals surface area contributed by atoms with Crippen LogP contribution in [0.5, 0.6) is 5.75 Å². The Morgan fingerprint density at radius 2 is 2.25 bits per heavy atom. The Labute approximate surface area is 77.1 Å². The van der Waals surface area contributed by atoms with Crippen LogP contribution in [-0.4, -0.2) is 10.0 Å². The average molecular weight is 232 g/mol. The van der Waals surface area contributed by atoms with Gasteiger partial charge in [-0.25, -0.2) is 0 Å². The molecule has 0 aliphatic carbocycles. The molecule has 0 radical (unpaired) electrons. The Kier molecular flexibility index (Phi) is 2.65. The molecule has 0 unspecified atom stereocenters. The number of nitrogens with zero attached hydrogens (tertiary/aromatic N) is 1. The molecule has 0 saturated heterocycles. The van der Waals surface area contributed by atoms with Crippen molar-refractivity contribution in [2.24, 2.45) is 0 Å². The number of benzene rings is 1. The lowest BCUT2D eigenvalue weighted by Gasteiger charge is -1.98. The van der Waals surface area contributed by atoms with E-state index >= 15 is 0 Å². The molecule has 64 valence electrons. The SMILES string of the molecule is O=[N+]([O-])Cc1ccc(O)c(Br)c1. The lowest BCUT2D eigenvalue weighted by atomic mass is 10.2. The number of rotatable bonds is 2. The summed E-state index contributed by atoms with van der Waals surface area (Å²) in [5.41, 5.74) is 0.560. The summed E-state index contributed by atoms with van der Waals surface area (Å²) >= 11 is 3.06. The molecule has 0 aliphatic rings. The van der Waals surface area contributed by atoms with Gasteiger partial charge in [-0.3, -0.25) is 10.1 Å². The lowest BCUT2D eigenvalue weighted by Crippen LogP contribution is -1.97. The molecule has 0 heterocycles. The molecule has 0 fully saturated rings. The molecule has 0 saturated carbocycles. The van der Waals surface area contributed by atoms with Crippen molar-refractivity contribution in [2.45, 2.75) is 6.54 Å². The zero-order valence-electron chi connectivity index (χ0n) is 6.03. The zero-order chi connectivity index (χ0) is 9.14. The van der Waals surface area contributed by atoms with Gasteiger partial charge in [0.05, 0.1) is 4.47 Å². The highest BCUT2D eigenvalue weighted by Crippen LogP contribution is 2.24. The van der Waals surface area contributed by atoms with Crippen molar-refractivity contribution in [1.29, 1.82) is 0 Å². The fourth-order valence-corrected chi connectivity index (χ4v) is 1.22. The van der Waals surface area contributed by atoms with Crippen LogP contribution in [0.1, 0.15) is 5.56 Å². The van der Waals surface area contributed by atoms with E-state index in [2.05, 4.69) is 15.9 Å². The number of hydrogen-bond acceptors (Lipinski definition) is 3. The van der Waals surface area contributed by atoms with Crippen LogP contribution in [0.15, 0.2) is 22.7 Å². The fraction of sp³-hybridized carbons (Fsp3) is 0.143. The Morgan fingerprint density at radius 1 is 1.58 bits per heavy atom. The number of hydrogen-bond donors (Lipinski definition) is 1. The third-order valence-corrected chi connectivity index (χ3v) is 1.96. The Morgan fingerprint density at radius 3 is 2.75 bits per heavy atom. The summed E-state index contributed by atoms with van der Waals surface area (Å²) < 4.78 is 0.474. The van der Waals surface area contributed by atoms with Crippen molar-refractivity contribution in [3.05, 3.63) is 38.3 Å². The van der Waals surface area contributed by atoms with E-state index in [1.807, 2.05) is 0 Å². The zero-order valence-corrected chi connectivity index (χ0v) is 7.61. The topological polar surface area (TPSA) is 63.4 Å². The van der Waals surface area contributed by atoms with Gasteiger partial charge in [0.1, 0.15) is 5.75 Å². The third-order valence-electron chi connectivity index (χ3n) is 1.32. The van der Waals surface area contributed by atoms with Gasteiger partial charge in [0.15, 0.2) is 0 Å². The van der Waals surface area contributed by atoms with Crippen LogP contribution in [0.2, 0.25) is 0 Å². The quantitative estimate of drug-likeness (QED) is 0.625. The van der Waals surface area contributed by atoms with E-state index in [0.717, 1.165) is 0 Å². The van der Waals surface area contributed by atoms with E-state index in [1.54, 1.807) is 0 Å². The summed E-state index contributed by atoms with van der Waals surface area (Å²) in [7, 11) is 0. The number of nitro groups is 1. The van der Waals surface area contributed by atoms with Crippen LogP contribution < -0.4 is 0 Å². The molecule has 0 spiro atoms. The largest absolute Gasteiger partial charge is 0.507 e. The second-order valence-electron chi connectivity index (χ2n) is 2.28.